The quantitative estimate of drug-likeness (QED) is 0.900. The first-order valence-electron chi connectivity index (χ1n) is 5.95. The van der Waals surface area contributed by atoms with E-state index in [0.29, 0.717) is 5.82 Å². The van der Waals surface area contributed by atoms with E-state index in [1.165, 1.54) is 24.3 Å². The van der Waals surface area contributed by atoms with Crippen LogP contribution in [0, 0.1) is 6.92 Å². The Hall–Kier alpha value is -2.02. The molecule has 0 bridgehead atoms. The number of hydrogen-bond acceptors (Lipinski definition) is 3. The van der Waals surface area contributed by atoms with Gasteiger partial charge in [-0.25, -0.2) is 4.98 Å². The summed E-state index contributed by atoms with van der Waals surface area (Å²) in [5.74, 6) is -0.151. The Labute approximate surface area is 128 Å². The van der Waals surface area contributed by atoms with Crippen LogP contribution in [-0.4, -0.2) is 17.5 Å². The van der Waals surface area contributed by atoms with Crippen molar-refractivity contribution in [2.75, 3.05) is 5.32 Å². The number of ether oxygens (including phenoxy) is 1. The van der Waals surface area contributed by atoms with Crippen molar-refractivity contribution in [2.24, 2.45) is 0 Å². The number of carbonyl (C=O) groups excluding carboxylic acids is 1. The number of alkyl halides is 2. The first kappa shape index (κ1) is 15.4. The van der Waals surface area contributed by atoms with E-state index in [4.69, 9.17) is 0 Å². The van der Waals surface area contributed by atoms with Crippen molar-refractivity contribution in [1.29, 1.82) is 0 Å². The molecule has 2 rings (SSSR count). The Balaban J connectivity index is 2.14. The van der Waals surface area contributed by atoms with E-state index >= 15 is 0 Å². The molecular formula is C14H11BrF2N2O2. The predicted octanol–water partition coefficient (Wildman–Crippen LogP) is 4.01. The summed E-state index contributed by atoms with van der Waals surface area (Å²) in [4.78, 5) is 16.2. The summed E-state index contributed by atoms with van der Waals surface area (Å²) in [7, 11) is 0. The zero-order valence-corrected chi connectivity index (χ0v) is 12.5. The zero-order chi connectivity index (χ0) is 15.4. The topological polar surface area (TPSA) is 51.2 Å². The fourth-order valence-corrected chi connectivity index (χ4v) is 1.84. The van der Waals surface area contributed by atoms with Gasteiger partial charge in [0.05, 0.1) is 5.69 Å². The molecule has 0 atom stereocenters. The average Bonchev–Trinajstić information content (AvgIpc) is 2.42. The van der Waals surface area contributed by atoms with Crippen LogP contribution < -0.4 is 10.1 Å². The van der Waals surface area contributed by atoms with E-state index < -0.39 is 12.5 Å². The van der Waals surface area contributed by atoms with E-state index in [1.807, 2.05) is 0 Å². The smallest absolute Gasteiger partial charge is 0.387 e. The molecule has 0 unspecified atom stereocenters. The molecule has 4 nitrogen and oxygen atoms in total. The SMILES string of the molecule is Cc1nc(NC(=O)c2cccc(OC(F)F)c2)ccc1Br. The summed E-state index contributed by atoms with van der Waals surface area (Å²) < 4.78 is 29.4. The summed E-state index contributed by atoms with van der Waals surface area (Å²) in [6, 6.07) is 8.95. The highest BCUT2D eigenvalue weighted by molar-refractivity contribution is 9.10. The summed E-state index contributed by atoms with van der Waals surface area (Å²) in [6.07, 6.45) is 0. The minimum Gasteiger partial charge on any atom is -0.435 e. The standard InChI is InChI=1S/C14H11BrF2N2O2/c1-8-11(15)5-6-12(18-8)19-13(20)9-3-2-4-10(7-9)21-14(16)17/h2-7,14H,1H3,(H,18,19,20). The summed E-state index contributed by atoms with van der Waals surface area (Å²) in [6.45, 7) is -1.14. The highest BCUT2D eigenvalue weighted by atomic mass is 79.9. The Morgan fingerprint density at radius 1 is 1.33 bits per heavy atom. The van der Waals surface area contributed by atoms with Crippen LogP contribution in [0.1, 0.15) is 16.1 Å². The van der Waals surface area contributed by atoms with Crippen LogP contribution in [0.4, 0.5) is 14.6 Å². The molecule has 21 heavy (non-hydrogen) atoms. The van der Waals surface area contributed by atoms with Gasteiger partial charge in [-0.15, -0.1) is 0 Å². The number of anilines is 1. The number of nitrogens with one attached hydrogen (secondary N) is 1. The number of aryl methyl sites for hydroxylation is 1. The van der Waals surface area contributed by atoms with Crippen LogP contribution in [0.15, 0.2) is 40.9 Å². The molecule has 1 amide bonds. The van der Waals surface area contributed by atoms with Crippen LogP contribution in [-0.2, 0) is 0 Å². The van der Waals surface area contributed by atoms with Gasteiger partial charge in [0.25, 0.3) is 5.91 Å². The molecule has 110 valence electrons. The largest absolute Gasteiger partial charge is 0.435 e. The van der Waals surface area contributed by atoms with Gasteiger partial charge in [0.2, 0.25) is 0 Å². The lowest BCUT2D eigenvalue weighted by Crippen LogP contribution is -2.13. The molecular weight excluding hydrogens is 346 g/mol. The summed E-state index contributed by atoms with van der Waals surface area (Å²) in [5.41, 5.74) is 0.929. The molecule has 0 aliphatic carbocycles. The Morgan fingerprint density at radius 3 is 2.76 bits per heavy atom. The maximum absolute atomic E-state index is 12.1. The van der Waals surface area contributed by atoms with Gasteiger partial charge in [-0.05, 0) is 53.2 Å². The van der Waals surface area contributed by atoms with Crippen molar-refractivity contribution in [3.8, 4) is 5.75 Å². The van der Waals surface area contributed by atoms with Gasteiger partial charge in [0, 0.05) is 10.0 Å². The highest BCUT2D eigenvalue weighted by Gasteiger charge is 2.10. The minimum atomic E-state index is -2.93. The van der Waals surface area contributed by atoms with Crippen LogP contribution in [0.3, 0.4) is 0 Å². The van der Waals surface area contributed by atoms with Gasteiger partial charge in [0.15, 0.2) is 0 Å². The second-order valence-corrected chi connectivity index (χ2v) is 4.98. The third-order valence-electron chi connectivity index (χ3n) is 2.58. The first-order valence-corrected chi connectivity index (χ1v) is 6.74. The van der Waals surface area contributed by atoms with E-state index in [1.54, 1.807) is 19.1 Å². The van der Waals surface area contributed by atoms with E-state index in [9.17, 15) is 13.6 Å². The molecule has 0 spiro atoms. The summed E-state index contributed by atoms with van der Waals surface area (Å²) >= 11 is 3.31. The third-order valence-corrected chi connectivity index (χ3v) is 3.42. The zero-order valence-electron chi connectivity index (χ0n) is 10.9. The monoisotopic (exact) mass is 356 g/mol. The number of rotatable bonds is 4. The maximum atomic E-state index is 12.1. The number of pyridine rings is 1. The Bertz CT molecular complexity index is 665. The van der Waals surface area contributed by atoms with Crippen molar-refractivity contribution in [2.45, 2.75) is 13.5 Å². The van der Waals surface area contributed by atoms with Gasteiger partial charge in [-0.3, -0.25) is 4.79 Å². The molecule has 0 fully saturated rings. The van der Waals surface area contributed by atoms with Crippen LogP contribution in [0.2, 0.25) is 0 Å². The normalized spacial score (nSPS) is 10.5. The number of aromatic nitrogens is 1. The number of nitrogens with zero attached hydrogens (tertiary/aromatic N) is 1. The first-order chi connectivity index (χ1) is 9.95. The number of carbonyl (C=O) groups is 1. The highest BCUT2D eigenvalue weighted by Crippen LogP contribution is 2.19. The van der Waals surface area contributed by atoms with Crippen molar-refractivity contribution >= 4 is 27.7 Å². The molecule has 1 aromatic heterocycles. The predicted molar refractivity (Wildman–Crippen MR) is 77.7 cm³/mol. The summed E-state index contributed by atoms with van der Waals surface area (Å²) in [5, 5.41) is 2.59. The van der Waals surface area contributed by atoms with Crippen molar-refractivity contribution in [3.63, 3.8) is 0 Å². The maximum Gasteiger partial charge on any atom is 0.387 e. The molecule has 1 heterocycles. The third kappa shape index (κ3) is 4.22. The lowest BCUT2D eigenvalue weighted by Gasteiger charge is -2.08. The van der Waals surface area contributed by atoms with E-state index in [2.05, 4.69) is 31.0 Å². The second-order valence-electron chi connectivity index (χ2n) is 4.12. The van der Waals surface area contributed by atoms with Gasteiger partial charge in [-0.2, -0.15) is 8.78 Å². The Morgan fingerprint density at radius 2 is 2.10 bits per heavy atom. The lowest BCUT2D eigenvalue weighted by molar-refractivity contribution is -0.0498. The van der Waals surface area contributed by atoms with Gasteiger partial charge >= 0.3 is 6.61 Å². The van der Waals surface area contributed by atoms with Crippen LogP contribution in [0.25, 0.3) is 0 Å². The number of amides is 1. The molecule has 0 aliphatic heterocycles. The number of halogens is 3. The van der Waals surface area contributed by atoms with Gasteiger partial charge in [0.1, 0.15) is 11.6 Å². The average molecular weight is 357 g/mol. The Kier molecular flexibility index (Phi) is 4.85. The second kappa shape index (κ2) is 6.62. The van der Waals surface area contributed by atoms with Gasteiger partial charge < -0.3 is 10.1 Å². The molecule has 0 radical (unpaired) electrons. The van der Waals surface area contributed by atoms with Crippen LogP contribution >= 0.6 is 15.9 Å². The molecule has 0 aliphatic rings. The van der Waals surface area contributed by atoms with E-state index in [0.717, 1.165) is 10.2 Å². The van der Waals surface area contributed by atoms with Gasteiger partial charge in [-0.1, -0.05) is 6.07 Å². The number of hydrogen-bond donors (Lipinski definition) is 1. The van der Waals surface area contributed by atoms with Crippen molar-refractivity contribution in [3.05, 3.63) is 52.1 Å². The molecule has 2 aromatic rings. The van der Waals surface area contributed by atoms with E-state index in [-0.39, 0.29) is 11.3 Å². The fraction of sp³-hybridized carbons (Fsp3) is 0.143. The molecule has 1 aromatic carbocycles. The molecule has 7 heteroatoms. The van der Waals surface area contributed by atoms with Crippen molar-refractivity contribution < 1.29 is 18.3 Å². The van der Waals surface area contributed by atoms with Crippen LogP contribution in [0.5, 0.6) is 5.75 Å². The lowest BCUT2D eigenvalue weighted by atomic mass is 10.2. The van der Waals surface area contributed by atoms with Crippen molar-refractivity contribution in [1.82, 2.24) is 4.98 Å². The fourth-order valence-electron chi connectivity index (χ4n) is 1.62. The number of benzene rings is 1. The molecule has 0 saturated heterocycles. The molecule has 0 saturated carbocycles. The minimum absolute atomic E-state index is 0.0717. The molecule has 1 N–H and O–H groups in total.